The quantitative estimate of drug-likeness (QED) is 0.0434. The lowest BCUT2D eigenvalue weighted by atomic mass is 10.0. The second-order valence-electron chi connectivity index (χ2n) is 18.1. The average molecular weight is 983 g/mol. The monoisotopic (exact) mass is 983 g/mol. The maximum atomic E-state index is 14.7. The van der Waals surface area contributed by atoms with Crippen molar-refractivity contribution in [1.82, 2.24) is 34.0 Å². The van der Waals surface area contributed by atoms with Crippen LogP contribution in [-0.4, -0.2) is 128 Å². The van der Waals surface area contributed by atoms with Crippen molar-refractivity contribution in [2.45, 2.75) is 192 Å². The molecule has 0 aliphatic carbocycles. The van der Waals surface area contributed by atoms with E-state index in [1.807, 2.05) is 13.8 Å². The number of amides is 1. The number of anilines is 1. The number of nitrogens with zero attached hydrogens (tertiary/aromatic N) is 5. The average Bonchev–Trinajstić information content (AvgIpc) is 3.95. The van der Waals surface area contributed by atoms with E-state index in [4.69, 9.17) is 43.2 Å². The molecule has 0 spiro atoms. The number of methoxy groups -OCH3 is 2. The Labute approximate surface area is 397 Å². The van der Waals surface area contributed by atoms with E-state index >= 15 is 0 Å². The van der Waals surface area contributed by atoms with Gasteiger partial charge in [-0.2, -0.15) is 4.98 Å². The Kier molecular flexibility index (Phi) is 21.7. The lowest BCUT2D eigenvalue weighted by Crippen LogP contribution is -2.48. The van der Waals surface area contributed by atoms with Crippen molar-refractivity contribution < 1.29 is 51.7 Å². The van der Waals surface area contributed by atoms with Gasteiger partial charge in [-0.3, -0.25) is 37.7 Å². The van der Waals surface area contributed by atoms with E-state index in [9.17, 15) is 28.6 Å². The minimum atomic E-state index is -4.78. The van der Waals surface area contributed by atoms with Crippen LogP contribution in [0.3, 0.4) is 0 Å². The lowest BCUT2D eigenvalue weighted by Gasteiger charge is -2.31. The molecular formula is C45H75N8O14P. The van der Waals surface area contributed by atoms with Crippen molar-refractivity contribution in [3.63, 3.8) is 0 Å². The SMILES string of the molecule is CCCCCCCCCCCCCCCCCN(C[C@H]1O[C@@H](n2cnc3c(=O)[nH]c(N)nc32)C(OC)C1OP(=O)(O)OC(C)C)C(=O)OC1C(OC)[C@H](n2ccc(=O)[nH]c2=O)O[C@@H]1COC(C)C. The number of rotatable bonds is 30. The van der Waals surface area contributed by atoms with Gasteiger partial charge in [0, 0.05) is 33.0 Å². The summed E-state index contributed by atoms with van der Waals surface area (Å²) < 4.78 is 64.0. The summed E-state index contributed by atoms with van der Waals surface area (Å²) in [7, 11) is -2.04. The number of ether oxygens (including phenoxy) is 6. The maximum absolute atomic E-state index is 14.7. The van der Waals surface area contributed by atoms with Gasteiger partial charge in [0.2, 0.25) is 5.95 Å². The minimum Gasteiger partial charge on any atom is -0.440 e. The molecule has 3 aromatic heterocycles. The largest absolute Gasteiger partial charge is 0.472 e. The smallest absolute Gasteiger partial charge is 0.440 e. The van der Waals surface area contributed by atoms with Crippen molar-refractivity contribution in [1.29, 1.82) is 0 Å². The van der Waals surface area contributed by atoms with E-state index in [2.05, 4.69) is 26.9 Å². The molecule has 1 amide bonds. The molecule has 23 heteroatoms. The van der Waals surface area contributed by atoms with Crippen LogP contribution in [0.1, 0.15) is 143 Å². The Balaban J connectivity index is 1.38. The number of nitrogen functional groups attached to an aromatic ring is 1. The van der Waals surface area contributed by atoms with Crippen LogP contribution >= 0.6 is 7.82 Å². The molecule has 3 aromatic rings. The molecule has 0 aromatic carbocycles. The molecule has 384 valence electrons. The zero-order valence-corrected chi connectivity index (χ0v) is 41.6. The van der Waals surface area contributed by atoms with Crippen molar-refractivity contribution in [2.24, 2.45) is 0 Å². The number of H-pyrrole nitrogens is 2. The molecule has 5 N–H and O–H groups in total. The highest BCUT2D eigenvalue weighted by Crippen LogP contribution is 2.50. The van der Waals surface area contributed by atoms with E-state index in [-0.39, 0.29) is 42.9 Å². The number of aromatic amines is 2. The number of fused-ring (bicyclic) bond motifs is 1. The summed E-state index contributed by atoms with van der Waals surface area (Å²) in [6, 6.07) is 1.17. The van der Waals surface area contributed by atoms with Gasteiger partial charge in [0.25, 0.3) is 11.1 Å². The molecule has 5 rings (SSSR count). The number of hydrogen-bond acceptors (Lipinski definition) is 16. The molecule has 5 heterocycles. The number of phosphoric acid groups is 1. The lowest BCUT2D eigenvalue weighted by molar-refractivity contribution is -0.0822. The summed E-state index contributed by atoms with van der Waals surface area (Å²) in [4.78, 5) is 77.9. The van der Waals surface area contributed by atoms with Gasteiger partial charge in [-0.05, 0) is 34.1 Å². The van der Waals surface area contributed by atoms with Gasteiger partial charge in [0.05, 0.1) is 31.7 Å². The minimum absolute atomic E-state index is 0.0378. The van der Waals surface area contributed by atoms with E-state index in [1.165, 1.54) is 106 Å². The fraction of sp³-hybridized carbons (Fsp3) is 0.778. The van der Waals surface area contributed by atoms with Crippen LogP contribution in [0, 0.1) is 0 Å². The standard InChI is InChI=1S/C45H75N8O14P/c1-8-9-10-11-12-13-14-15-16-17-18-19-20-21-22-24-51(45(57)65-35-32(27-62-29(2)3)64-41(37(35)60-6)52-25-23-33(54)48-44(52)56)26-31-36(67-68(58,59)66-30(4)5)38(61-7)42(63-31)53-28-47-34-39(53)49-43(46)50-40(34)55/h23,25,28-32,35-38,41-42H,8-22,24,26-27H2,1-7H3,(H,58,59)(H,48,54,56)(H3,46,49,50,55)/t31-,32-,35?,36?,37?,38?,41-,42-/m1/s1. The van der Waals surface area contributed by atoms with Gasteiger partial charge in [0.1, 0.15) is 30.5 Å². The van der Waals surface area contributed by atoms with Gasteiger partial charge in [-0.25, -0.2) is 19.1 Å². The number of aromatic nitrogens is 6. The van der Waals surface area contributed by atoms with Gasteiger partial charge in [0.15, 0.2) is 29.7 Å². The number of unbranched alkanes of at least 4 members (excludes halogenated alkanes) is 14. The molecule has 2 aliphatic rings. The number of carbonyl (C=O) groups excluding carboxylic acids is 1. The van der Waals surface area contributed by atoms with Crippen LogP contribution in [0.15, 0.2) is 33.0 Å². The normalized spacial score (nSPS) is 23.8. The first-order valence-corrected chi connectivity index (χ1v) is 25.7. The van der Waals surface area contributed by atoms with E-state index in [1.54, 1.807) is 13.8 Å². The molecule has 2 aliphatic heterocycles. The van der Waals surface area contributed by atoms with Crippen LogP contribution < -0.4 is 22.5 Å². The third-order valence-corrected chi connectivity index (χ3v) is 13.3. The number of hydrogen-bond donors (Lipinski definition) is 4. The second kappa shape index (κ2) is 26.8. The number of imidazole rings is 1. The van der Waals surface area contributed by atoms with Gasteiger partial charge in [-0.15, -0.1) is 0 Å². The molecule has 9 atom stereocenters. The second-order valence-corrected chi connectivity index (χ2v) is 19.5. The maximum Gasteiger partial charge on any atom is 0.472 e. The van der Waals surface area contributed by atoms with Crippen LogP contribution in [-0.2, 0) is 42.0 Å². The fourth-order valence-corrected chi connectivity index (χ4v) is 9.89. The topological polar surface area (TPSA) is 276 Å². The van der Waals surface area contributed by atoms with Crippen LogP contribution in [0.5, 0.6) is 0 Å². The summed E-state index contributed by atoms with van der Waals surface area (Å²) >= 11 is 0. The molecule has 5 unspecified atom stereocenters. The van der Waals surface area contributed by atoms with Crippen LogP contribution in [0.2, 0.25) is 0 Å². The van der Waals surface area contributed by atoms with Crippen molar-refractivity contribution in [3.8, 4) is 0 Å². The zero-order chi connectivity index (χ0) is 49.4. The predicted octanol–water partition coefficient (Wildman–Crippen LogP) is 6.09. The van der Waals surface area contributed by atoms with Crippen LogP contribution in [0.25, 0.3) is 11.2 Å². The molecule has 0 saturated carbocycles. The Bertz CT molecular complexity index is 2230. The summed E-state index contributed by atoms with van der Waals surface area (Å²) in [6.45, 7) is 8.94. The summed E-state index contributed by atoms with van der Waals surface area (Å²) in [5, 5.41) is 0. The number of nitrogens with one attached hydrogen (secondary N) is 2. The molecular weight excluding hydrogens is 908 g/mol. The highest BCUT2D eigenvalue weighted by Gasteiger charge is 2.53. The first-order chi connectivity index (χ1) is 32.6. The zero-order valence-electron chi connectivity index (χ0n) is 40.7. The third kappa shape index (κ3) is 15.5. The highest BCUT2D eigenvalue weighted by molar-refractivity contribution is 7.47. The van der Waals surface area contributed by atoms with Crippen molar-refractivity contribution in [3.05, 3.63) is 49.8 Å². The number of phosphoric ester groups is 1. The molecule has 22 nitrogen and oxygen atoms in total. The Morgan fingerprint density at radius 2 is 1.40 bits per heavy atom. The number of nitrogens with two attached hydrogens (primary N) is 1. The summed E-state index contributed by atoms with van der Waals surface area (Å²) in [6.07, 6.45) is 9.04. The Morgan fingerprint density at radius 3 is 1.97 bits per heavy atom. The molecule has 0 bridgehead atoms. The first-order valence-electron chi connectivity index (χ1n) is 24.2. The molecule has 2 saturated heterocycles. The van der Waals surface area contributed by atoms with Gasteiger partial charge >= 0.3 is 19.6 Å². The van der Waals surface area contributed by atoms with E-state index in [0.717, 1.165) is 30.3 Å². The van der Waals surface area contributed by atoms with Gasteiger partial charge in [-0.1, -0.05) is 96.8 Å². The van der Waals surface area contributed by atoms with E-state index in [0.29, 0.717) is 6.42 Å². The van der Waals surface area contributed by atoms with E-state index < -0.39 is 85.9 Å². The first kappa shape index (κ1) is 54.9. The summed E-state index contributed by atoms with van der Waals surface area (Å²) in [5.74, 6) is -0.182. The van der Waals surface area contributed by atoms with Crippen LogP contribution in [0.4, 0.5) is 10.7 Å². The molecule has 0 radical (unpaired) electrons. The van der Waals surface area contributed by atoms with Gasteiger partial charge < -0.3 is 43.9 Å². The third-order valence-electron chi connectivity index (χ3n) is 12.1. The fourth-order valence-electron chi connectivity index (χ4n) is 8.74. The summed E-state index contributed by atoms with van der Waals surface area (Å²) in [5.41, 5.74) is 3.97. The highest BCUT2D eigenvalue weighted by atomic mass is 31.2. The van der Waals surface area contributed by atoms with Crippen molar-refractivity contribution >= 4 is 31.0 Å². The Hall–Kier alpha value is -3.99. The molecule has 2 fully saturated rings. The molecule has 68 heavy (non-hydrogen) atoms. The number of carbonyl (C=O) groups is 1. The van der Waals surface area contributed by atoms with Crippen molar-refractivity contribution in [2.75, 3.05) is 39.6 Å². The Morgan fingerprint density at radius 1 is 0.824 bits per heavy atom. The predicted molar refractivity (Wildman–Crippen MR) is 252 cm³/mol.